The first-order chi connectivity index (χ1) is 47.7. The van der Waals surface area contributed by atoms with Crippen LogP contribution in [0.4, 0.5) is 0 Å². The van der Waals surface area contributed by atoms with Crippen molar-refractivity contribution in [3.8, 4) is 67.5 Å². The standard InChI is InChI=1S/C72H78N4O24/c1-69(65(89)61(85)57(81)49(29-77)97-69)93-37-13-5-33(6-14-37)53-41-21-23-43(73-41)54(34-7-15-38(16-8-34)94-70(2)66(90)62(86)58(82)50(30-78)98-70)45-25-27-47(75-45)56(36-11-19-40(20-12-36)96-72(4)68(92)64(88)60(84)52(32-80)100-72)48-28-26-46(76-48)55(44-24-22-42(53)74-44)35-9-17-39(18-10-35)95-71(3)67(91)63(87)59(83)51(31-79)99-71/h5-28,49-52,57-68,73,76-92H,29-32H2,1-4H3/t49-,50-,51-,52-,57-,58-,59-,60-,61+,62+,63+,64+,65-,66-,67-,68-,69-,70-,71-,72-/m1/s1. The molecule has 0 aliphatic carbocycles. The summed E-state index contributed by atoms with van der Waals surface area (Å²) in [7, 11) is 0. The van der Waals surface area contributed by atoms with Crippen molar-refractivity contribution in [1.29, 1.82) is 0 Å². The summed E-state index contributed by atoms with van der Waals surface area (Å²) in [6.45, 7) is 2.79. The van der Waals surface area contributed by atoms with Crippen LogP contribution in [0.3, 0.4) is 0 Å². The Morgan fingerprint density at radius 2 is 0.490 bits per heavy atom. The monoisotopic (exact) mass is 1380 g/mol. The summed E-state index contributed by atoms with van der Waals surface area (Å²) < 4.78 is 48.2. The van der Waals surface area contributed by atoms with Crippen LogP contribution in [0.1, 0.15) is 50.5 Å². The van der Waals surface area contributed by atoms with E-state index in [9.17, 15) is 81.7 Å². The molecule has 9 heterocycles. The first-order valence-electron chi connectivity index (χ1n) is 32.4. The van der Waals surface area contributed by atoms with Crippen LogP contribution in [-0.4, -0.2) is 249 Å². The normalized spacial score (nSPS) is 33.5. The Bertz CT molecular complexity index is 3820. The smallest absolute Gasteiger partial charge is 0.236 e. The Morgan fingerprint density at radius 1 is 0.300 bits per heavy atom. The number of H-pyrrole nitrogens is 2. The minimum Gasteiger partial charge on any atom is -0.460 e. The third-order valence-corrected chi connectivity index (χ3v) is 19.2. The number of hydrogen-bond donors (Lipinski definition) is 18. The first-order valence-corrected chi connectivity index (χ1v) is 32.4. The highest BCUT2D eigenvalue weighted by Gasteiger charge is 2.56. The molecule has 8 bridgehead atoms. The fraction of sp³-hybridized carbons (Fsp3) is 0.389. The van der Waals surface area contributed by atoms with Crippen LogP contribution in [0, 0.1) is 0 Å². The van der Waals surface area contributed by atoms with Crippen molar-refractivity contribution < 1.29 is 120 Å². The summed E-state index contributed by atoms with van der Waals surface area (Å²) in [5.41, 5.74) is 8.60. The summed E-state index contributed by atoms with van der Waals surface area (Å²) in [5.74, 6) is -6.98. The maximum absolute atomic E-state index is 11.1. The second-order valence-corrected chi connectivity index (χ2v) is 26.1. The fourth-order valence-corrected chi connectivity index (χ4v) is 13.7. The van der Waals surface area contributed by atoms with Gasteiger partial charge in [-0.1, -0.05) is 48.5 Å². The molecule has 28 heteroatoms. The molecule has 100 heavy (non-hydrogen) atoms. The van der Waals surface area contributed by atoms with Gasteiger partial charge in [0.05, 0.1) is 49.2 Å². The van der Waals surface area contributed by atoms with Crippen LogP contribution in [0.5, 0.6) is 23.0 Å². The Hall–Kier alpha value is -8.12. The lowest BCUT2D eigenvalue weighted by Gasteiger charge is -2.46. The fourth-order valence-electron chi connectivity index (χ4n) is 13.7. The molecular weight excluding hydrogens is 1300 g/mol. The molecule has 4 fully saturated rings. The van der Waals surface area contributed by atoms with Crippen molar-refractivity contribution in [3.05, 3.63) is 144 Å². The van der Waals surface area contributed by atoms with E-state index < -0.39 is 147 Å². The van der Waals surface area contributed by atoms with Crippen molar-refractivity contribution in [3.63, 3.8) is 0 Å². The predicted molar refractivity (Wildman–Crippen MR) is 357 cm³/mol. The van der Waals surface area contributed by atoms with Crippen LogP contribution in [0.2, 0.25) is 0 Å². The molecule has 6 aliphatic rings. The number of aromatic nitrogens is 4. The maximum Gasteiger partial charge on any atom is 0.236 e. The molecule has 6 aliphatic heterocycles. The number of aliphatic hydroxyl groups is 16. The molecule has 20 atom stereocenters. The quantitative estimate of drug-likeness (QED) is 0.0653. The maximum atomic E-state index is 11.1. The van der Waals surface area contributed by atoms with Crippen LogP contribution in [-0.2, 0) is 18.9 Å². The van der Waals surface area contributed by atoms with E-state index in [1.165, 1.54) is 27.7 Å². The molecule has 18 N–H and O–H groups in total. The average molecular weight is 1380 g/mol. The number of benzene rings is 4. The molecule has 0 radical (unpaired) electrons. The van der Waals surface area contributed by atoms with E-state index in [4.69, 9.17) is 47.9 Å². The summed E-state index contributed by atoms with van der Waals surface area (Å²) >= 11 is 0. The van der Waals surface area contributed by atoms with Crippen LogP contribution in [0.25, 0.3) is 90.9 Å². The average Bonchev–Trinajstić information content (AvgIpc) is 1.18. The zero-order valence-corrected chi connectivity index (χ0v) is 54.2. The number of fused-ring (bicyclic) bond motifs is 8. The van der Waals surface area contributed by atoms with Crippen molar-refractivity contribution in [2.45, 2.75) is 149 Å². The first kappa shape index (κ1) is 70.3. The second kappa shape index (κ2) is 27.3. The molecule has 0 spiro atoms. The van der Waals surface area contributed by atoms with Gasteiger partial charge in [0.25, 0.3) is 0 Å². The zero-order chi connectivity index (χ0) is 71.1. The van der Waals surface area contributed by atoms with Gasteiger partial charge in [-0.3, -0.25) is 0 Å². The molecule has 4 aromatic carbocycles. The van der Waals surface area contributed by atoms with Gasteiger partial charge >= 0.3 is 0 Å². The van der Waals surface area contributed by atoms with Gasteiger partial charge in [0.15, 0.2) is 0 Å². The molecule has 530 valence electrons. The van der Waals surface area contributed by atoms with Gasteiger partial charge in [-0.15, -0.1) is 0 Å². The van der Waals surface area contributed by atoms with Gasteiger partial charge in [-0.25, -0.2) is 9.97 Å². The minimum atomic E-state index is -1.93. The number of ether oxygens (including phenoxy) is 8. The number of aliphatic hydroxyl groups excluding tert-OH is 16. The number of hydrogen-bond acceptors (Lipinski definition) is 26. The molecule has 0 amide bonds. The highest BCUT2D eigenvalue weighted by atomic mass is 16.7. The third-order valence-electron chi connectivity index (χ3n) is 19.2. The van der Waals surface area contributed by atoms with Gasteiger partial charge in [-0.05, 0) is 119 Å². The topological polar surface area (TPSA) is 455 Å². The highest BCUT2D eigenvalue weighted by molar-refractivity contribution is 6.00. The van der Waals surface area contributed by atoms with Crippen LogP contribution in [0.15, 0.2) is 121 Å². The molecule has 7 aromatic rings. The van der Waals surface area contributed by atoms with Crippen molar-refractivity contribution in [2.75, 3.05) is 26.4 Å². The summed E-state index contributed by atoms with van der Waals surface area (Å²) in [6, 6.07) is 34.3. The summed E-state index contributed by atoms with van der Waals surface area (Å²) in [4.78, 5) is 18.1. The predicted octanol–water partition coefficient (Wildman–Crippen LogP) is 1.60. The van der Waals surface area contributed by atoms with Gasteiger partial charge in [-0.2, -0.15) is 0 Å². The molecule has 0 unspecified atom stereocenters. The van der Waals surface area contributed by atoms with E-state index in [0.717, 1.165) is 0 Å². The Balaban J connectivity index is 0.998. The number of nitrogens with one attached hydrogen (secondary N) is 2. The van der Waals surface area contributed by atoms with Gasteiger partial charge in [0, 0.05) is 72.0 Å². The molecule has 3 aromatic heterocycles. The lowest BCUT2D eigenvalue weighted by molar-refractivity contribution is -0.329. The Labute approximate surface area is 570 Å². The lowest BCUT2D eigenvalue weighted by Crippen LogP contribution is -2.66. The van der Waals surface area contributed by atoms with Crippen LogP contribution < -0.4 is 18.9 Å². The van der Waals surface area contributed by atoms with E-state index in [2.05, 4.69) is 9.97 Å². The second-order valence-electron chi connectivity index (χ2n) is 26.1. The molecular formula is C72H78N4O24. The van der Waals surface area contributed by atoms with E-state index >= 15 is 0 Å². The van der Waals surface area contributed by atoms with E-state index in [0.29, 0.717) is 89.4 Å². The molecule has 0 saturated carbocycles. The number of rotatable bonds is 16. The summed E-state index contributed by atoms with van der Waals surface area (Å²) in [6.07, 6.45) is -18.1. The minimum absolute atomic E-state index is 0.179. The molecule has 28 nitrogen and oxygen atoms in total. The zero-order valence-electron chi connectivity index (χ0n) is 54.2. The number of aromatic amines is 2. The lowest BCUT2D eigenvalue weighted by atomic mass is 9.93. The largest absolute Gasteiger partial charge is 0.460 e. The molecule has 13 rings (SSSR count). The van der Waals surface area contributed by atoms with Gasteiger partial charge in [0.2, 0.25) is 23.1 Å². The van der Waals surface area contributed by atoms with Crippen molar-refractivity contribution in [1.82, 2.24) is 19.9 Å². The Kier molecular flexibility index (Phi) is 19.2. The number of nitrogens with zero attached hydrogens (tertiary/aromatic N) is 2. The van der Waals surface area contributed by atoms with Crippen molar-refractivity contribution >= 4 is 46.4 Å². The van der Waals surface area contributed by atoms with Gasteiger partial charge in [0.1, 0.15) is 121 Å². The third kappa shape index (κ3) is 12.8. The highest BCUT2D eigenvalue weighted by Crippen LogP contribution is 2.44. The molecule has 4 saturated heterocycles. The Morgan fingerprint density at radius 3 is 0.670 bits per heavy atom. The SMILES string of the molecule is C[C@@]1(Oc2ccc(-c3c4nc(c(-c5ccc(O[C@]6(C)O[C@H](CO)[C@@H](O)[C@H](O)[C@H]6O)cc5)c5ccc([nH]5)c(-c5ccc(O[C@]6(C)O[C@H](CO)[C@@H](O)[C@H](O)[C@H]6O)cc5)c5nc(c(-c6ccc(O[C@]7(C)O[C@H](CO)[C@@H](O)[C@H](O)[C@H]7O)cc6)c6ccc3[nH]6)C=C5)C=C4)cc2)O[C@H](CO)[C@@H](O)[C@H](O)[C@H]1O. The van der Waals surface area contributed by atoms with Crippen LogP contribution >= 0.6 is 0 Å². The van der Waals surface area contributed by atoms with E-state index in [-0.39, 0.29) is 23.0 Å². The van der Waals surface area contributed by atoms with E-state index in [1.807, 2.05) is 48.6 Å². The van der Waals surface area contributed by atoms with Gasteiger partial charge < -0.3 is 130 Å². The van der Waals surface area contributed by atoms with E-state index in [1.54, 1.807) is 97.1 Å². The van der Waals surface area contributed by atoms with Crippen molar-refractivity contribution in [2.24, 2.45) is 0 Å². The summed E-state index contributed by atoms with van der Waals surface area (Å²) in [5, 5.41) is 170.